The summed E-state index contributed by atoms with van der Waals surface area (Å²) in [6.45, 7) is 0. The molecule has 1 saturated carbocycles. The Hall–Kier alpha value is -2.65. The van der Waals surface area contributed by atoms with Crippen LogP contribution >= 0.6 is 11.6 Å². The average molecular weight is 488 g/mol. The molecule has 0 unspecified atom stereocenters. The van der Waals surface area contributed by atoms with Gasteiger partial charge in [0.25, 0.3) is 0 Å². The Morgan fingerprint density at radius 2 is 1.20 bits per heavy atom. The number of halogens is 1. The van der Waals surface area contributed by atoms with Crippen LogP contribution in [0, 0.1) is 0 Å². The molecule has 0 aliphatic heterocycles. The summed E-state index contributed by atoms with van der Waals surface area (Å²) >= 11 is 6.71. The highest BCUT2D eigenvalue weighted by atomic mass is 35.5. The van der Waals surface area contributed by atoms with Crippen LogP contribution in [0.25, 0.3) is 16.6 Å². The summed E-state index contributed by atoms with van der Waals surface area (Å²) in [5.41, 5.74) is 3.16. The van der Waals surface area contributed by atoms with Gasteiger partial charge in [-0.1, -0.05) is 143 Å². The van der Waals surface area contributed by atoms with Crippen molar-refractivity contribution in [1.29, 1.82) is 0 Å². The fourth-order valence-electron chi connectivity index (χ4n) is 5.14. The highest BCUT2D eigenvalue weighted by molar-refractivity contribution is 6.34. The number of nitrogens with zero attached hydrogens (tertiary/aromatic N) is 3. The fraction of sp³-hybridized carbons (Fsp3) is 0.419. The van der Waals surface area contributed by atoms with Crippen LogP contribution in [0.1, 0.15) is 88.7 Å². The van der Waals surface area contributed by atoms with Gasteiger partial charge < -0.3 is 4.57 Å². The topological polar surface area (TPSA) is 30.7 Å². The van der Waals surface area contributed by atoms with Crippen molar-refractivity contribution in [3.63, 3.8) is 0 Å². The normalized spacial score (nSPS) is 25.5. The van der Waals surface area contributed by atoms with Gasteiger partial charge in [-0.15, -0.1) is 0 Å². The molecule has 0 radical (unpaired) electrons. The second-order valence-electron chi connectivity index (χ2n) is 9.60. The molecule has 2 aromatic heterocycles. The van der Waals surface area contributed by atoms with Gasteiger partial charge in [-0.2, -0.15) is 0 Å². The minimum atomic E-state index is 0.442. The van der Waals surface area contributed by atoms with Crippen LogP contribution in [-0.2, 0) is 0 Å². The van der Waals surface area contributed by atoms with E-state index in [0.29, 0.717) is 11.2 Å². The van der Waals surface area contributed by atoms with Crippen LogP contribution in [0.3, 0.4) is 0 Å². The van der Waals surface area contributed by atoms with Crippen molar-refractivity contribution in [2.45, 2.75) is 83.1 Å². The Balaban J connectivity index is 1.71. The van der Waals surface area contributed by atoms with E-state index in [1.807, 2.05) is 30.4 Å². The molecular formula is C31H38ClN3. The first-order valence-corrected chi connectivity index (χ1v) is 13.8. The van der Waals surface area contributed by atoms with Gasteiger partial charge in [0.05, 0.1) is 5.39 Å². The van der Waals surface area contributed by atoms with Gasteiger partial charge >= 0.3 is 0 Å². The Labute approximate surface area is 215 Å². The second-order valence-corrected chi connectivity index (χ2v) is 9.96. The van der Waals surface area contributed by atoms with Gasteiger partial charge in [0.15, 0.2) is 0 Å². The van der Waals surface area contributed by atoms with E-state index >= 15 is 0 Å². The largest absolute Gasteiger partial charge is 0.329 e. The van der Waals surface area contributed by atoms with E-state index in [-0.39, 0.29) is 0 Å². The van der Waals surface area contributed by atoms with Crippen LogP contribution in [0.5, 0.6) is 0 Å². The number of fused-ring (bicyclic) bond motifs is 1. The van der Waals surface area contributed by atoms with E-state index in [9.17, 15) is 0 Å². The fourth-order valence-corrected chi connectivity index (χ4v) is 5.37. The van der Waals surface area contributed by atoms with Gasteiger partial charge in [-0.25, -0.2) is 9.97 Å². The molecule has 0 saturated heterocycles. The van der Waals surface area contributed by atoms with Gasteiger partial charge in [0, 0.05) is 17.8 Å². The van der Waals surface area contributed by atoms with E-state index in [1.54, 1.807) is 6.33 Å². The smallest absolute Gasteiger partial charge is 0.145 e. The molecule has 2 heterocycles. The summed E-state index contributed by atoms with van der Waals surface area (Å²) in [5.74, 6) is 0. The maximum absolute atomic E-state index is 6.71. The zero-order valence-corrected chi connectivity index (χ0v) is 21.5. The molecule has 35 heavy (non-hydrogen) atoms. The van der Waals surface area contributed by atoms with E-state index in [4.69, 9.17) is 16.6 Å². The molecule has 4 rings (SSSR count). The predicted octanol–water partition coefficient (Wildman–Crippen LogP) is 9.50. The molecule has 184 valence electrons. The maximum Gasteiger partial charge on any atom is 0.145 e. The third-order valence-corrected chi connectivity index (χ3v) is 7.32. The lowest BCUT2D eigenvalue weighted by Gasteiger charge is -2.20. The van der Waals surface area contributed by atoms with Crippen molar-refractivity contribution in [3.8, 4) is 0 Å². The summed E-state index contributed by atoms with van der Waals surface area (Å²) < 4.78 is 2.41. The van der Waals surface area contributed by atoms with Gasteiger partial charge in [-0.3, -0.25) is 0 Å². The van der Waals surface area contributed by atoms with Crippen molar-refractivity contribution in [1.82, 2.24) is 14.5 Å². The van der Waals surface area contributed by atoms with Gasteiger partial charge in [-0.05, 0) is 18.4 Å². The number of rotatable bonds is 2. The summed E-state index contributed by atoms with van der Waals surface area (Å²) in [4.78, 5) is 9.10. The molecule has 0 spiro atoms. The minimum Gasteiger partial charge on any atom is -0.329 e. The van der Waals surface area contributed by atoms with E-state index in [0.717, 1.165) is 22.2 Å². The quantitative estimate of drug-likeness (QED) is 0.395. The molecule has 3 nitrogen and oxygen atoms in total. The van der Waals surface area contributed by atoms with Crippen molar-refractivity contribution in [2.75, 3.05) is 0 Å². The summed E-state index contributed by atoms with van der Waals surface area (Å²) in [6.07, 6.45) is 42.5. The summed E-state index contributed by atoms with van der Waals surface area (Å²) in [7, 11) is 0. The first-order valence-electron chi connectivity index (χ1n) is 13.4. The van der Waals surface area contributed by atoms with Crippen LogP contribution in [-0.4, -0.2) is 14.5 Å². The molecule has 1 fully saturated rings. The molecule has 2 aliphatic carbocycles. The first-order chi connectivity index (χ1) is 17.3. The van der Waals surface area contributed by atoms with Crippen LogP contribution in [0.15, 0.2) is 79.4 Å². The first kappa shape index (κ1) is 25.4. The maximum atomic E-state index is 6.71. The molecule has 2 aromatic rings. The third-order valence-electron chi connectivity index (χ3n) is 7.03. The van der Waals surface area contributed by atoms with Crippen molar-refractivity contribution < 1.29 is 0 Å². The standard InChI is InChI=1S/C31H38ClN3/c32-30-29-28(26-20-16-12-8-4-3-5-9-13-17-21-26)24-35(31(29)34-25-33-30)27-22-18-14-10-6-1-2-7-11-15-19-23-27/h3-5,8-9,12-13,16-17,20-21,24-25,27H,1-2,6-7,10-11,14-15,18-19,22-23H2/b4-3-,5-3?,8-4?,9-5-,12-8-,13-9?,16-12?,17-13-,20-16-,21-17?,26-20?,26-21+. The van der Waals surface area contributed by atoms with E-state index in [1.165, 1.54) is 77.0 Å². The molecule has 0 bridgehead atoms. The Morgan fingerprint density at radius 3 is 1.83 bits per heavy atom. The van der Waals surface area contributed by atoms with Crippen molar-refractivity contribution in [3.05, 3.63) is 90.1 Å². The molecular weight excluding hydrogens is 450 g/mol. The lowest BCUT2D eigenvalue weighted by Crippen LogP contribution is -2.09. The van der Waals surface area contributed by atoms with Crippen molar-refractivity contribution >= 4 is 28.2 Å². The highest BCUT2D eigenvalue weighted by Gasteiger charge is 2.21. The molecule has 0 N–H and O–H groups in total. The van der Waals surface area contributed by atoms with Gasteiger partial charge in [0.1, 0.15) is 17.1 Å². The van der Waals surface area contributed by atoms with E-state index in [2.05, 4.69) is 52.2 Å². The Morgan fingerprint density at radius 1 is 0.657 bits per heavy atom. The van der Waals surface area contributed by atoms with Crippen LogP contribution < -0.4 is 0 Å². The Bertz CT molecular complexity index is 1120. The molecule has 0 amide bonds. The molecule has 0 atom stereocenters. The summed E-state index contributed by atoms with van der Waals surface area (Å²) in [6, 6.07) is 0.442. The van der Waals surface area contributed by atoms with Crippen molar-refractivity contribution in [2.24, 2.45) is 0 Å². The number of hydrogen-bond acceptors (Lipinski definition) is 2. The lowest BCUT2D eigenvalue weighted by molar-refractivity contribution is 0.406. The average Bonchev–Trinajstić information content (AvgIpc) is 3.25. The SMILES string of the molecule is Clc1ncnc2c1c(C1=C/C=C\C=C/C=C\C=C/C=C\1)cn2C1CCCCCCCCCCCC1. The predicted molar refractivity (Wildman–Crippen MR) is 151 cm³/mol. The molecule has 2 aliphatic rings. The van der Waals surface area contributed by atoms with Crippen LogP contribution in [0.2, 0.25) is 5.15 Å². The Kier molecular flexibility index (Phi) is 10.2. The number of allylic oxidation sites excluding steroid dienone is 12. The molecule has 0 aromatic carbocycles. The highest BCUT2D eigenvalue weighted by Crippen LogP contribution is 2.36. The van der Waals surface area contributed by atoms with E-state index < -0.39 is 0 Å². The lowest BCUT2D eigenvalue weighted by atomic mass is 10.0. The monoisotopic (exact) mass is 487 g/mol. The second kappa shape index (κ2) is 14.0. The number of hydrogen-bond donors (Lipinski definition) is 0. The molecule has 4 heteroatoms. The zero-order chi connectivity index (χ0) is 24.1. The minimum absolute atomic E-state index is 0.442. The third kappa shape index (κ3) is 7.41. The van der Waals surface area contributed by atoms with Gasteiger partial charge in [0.2, 0.25) is 0 Å². The van der Waals surface area contributed by atoms with Crippen LogP contribution in [0.4, 0.5) is 0 Å². The summed E-state index contributed by atoms with van der Waals surface area (Å²) in [5, 5.41) is 1.48. The number of aromatic nitrogens is 3. The zero-order valence-electron chi connectivity index (χ0n) is 20.8.